The second kappa shape index (κ2) is 7.82. The van der Waals surface area contributed by atoms with E-state index < -0.39 is 5.92 Å². The van der Waals surface area contributed by atoms with Crippen molar-refractivity contribution in [2.45, 2.75) is 63.9 Å². The first kappa shape index (κ1) is 18.8. The fraction of sp³-hybridized carbons (Fsp3) is 0.478. The van der Waals surface area contributed by atoms with Crippen LogP contribution < -0.4 is 10.1 Å². The predicted octanol–water partition coefficient (Wildman–Crippen LogP) is 4.15. The molecule has 0 saturated heterocycles. The molecule has 1 aromatic carbocycles. The van der Waals surface area contributed by atoms with Crippen molar-refractivity contribution in [3.8, 4) is 5.75 Å². The number of ether oxygens (including phenoxy) is 2. The summed E-state index contributed by atoms with van der Waals surface area (Å²) in [4.78, 5) is 26.2. The number of para-hydroxylation sites is 1. The zero-order chi connectivity index (χ0) is 19.7. The van der Waals surface area contributed by atoms with Crippen LogP contribution in [0.2, 0.25) is 0 Å². The second-order valence-corrected chi connectivity index (χ2v) is 7.82. The van der Waals surface area contributed by atoms with Gasteiger partial charge in [-0.1, -0.05) is 18.2 Å². The number of ketones is 1. The van der Waals surface area contributed by atoms with Crippen LogP contribution in [-0.2, 0) is 14.3 Å². The molecule has 1 fully saturated rings. The summed E-state index contributed by atoms with van der Waals surface area (Å²) < 4.78 is 11.4. The molecule has 0 radical (unpaired) electrons. The molecule has 1 atom stereocenters. The Bertz CT molecular complexity index is 861. The summed E-state index contributed by atoms with van der Waals surface area (Å²) in [6.07, 6.45) is 6.15. The van der Waals surface area contributed by atoms with Gasteiger partial charge in [-0.05, 0) is 51.5 Å². The SMILES string of the molecule is COc1ccccc1[C@H]1C(C(=O)OC2CCCC2)=C(C)NC2=C1C(=O)CCC2. The monoisotopic (exact) mass is 381 g/mol. The average molecular weight is 381 g/mol. The van der Waals surface area contributed by atoms with E-state index in [1.165, 1.54) is 0 Å². The number of allylic oxidation sites excluding steroid dienone is 3. The second-order valence-electron chi connectivity index (χ2n) is 7.82. The summed E-state index contributed by atoms with van der Waals surface area (Å²) in [7, 11) is 1.62. The number of rotatable bonds is 4. The van der Waals surface area contributed by atoms with Gasteiger partial charge in [0, 0.05) is 29.0 Å². The van der Waals surface area contributed by atoms with Crippen LogP contribution in [0.1, 0.15) is 63.4 Å². The molecule has 1 aromatic rings. The largest absolute Gasteiger partial charge is 0.496 e. The summed E-state index contributed by atoms with van der Waals surface area (Å²) in [5.74, 6) is 0.00810. The van der Waals surface area contributed by atoms with Gasteiger partial charge in [-0.2, -0.15) is 0 Å². The lowest BCUT2D eigenvalue weighted by molar-refractivity contribution is -0.144. The predicted molar refractivity (Wildman–Crippen MR) is 106 cm³/mol. The molecule has 0 unspecified atom stereocenters. The zero-order valence-electron chi connectivity index (χ0n) is 16.5. The molecule has 0 amide bonds. The number of esters is 1. The van der Waals surface area contributed by atoms with Crippen molar-refractivity contribution >= 4 is 11.8 Å². The molecule has 1 N–H and O–H groups in total. The number of carbonyl (C=O) groups excluding carboxylic acids is 2. The van der Waals surface area contributed by atoms with Gasteiger partial charge in [0.1, 0.15) is 11.9 Å². The van der Waals surface area contributed by atoms with E-state index in [2.05, 4.69) is 5.32 Å². The molecular weight excluding hydrogens is 354 g/mol. The lowest BCUT2D eigenvalue weighted by Crippen LogP contribution is -2.35. The van der Waals surface area contributed by atoms with Crippen molar-refractivity contribution in [2.24, 2.45) is 0 Å². The number of dihydropyridines is 1. The summed E-state index contributed by atoms with van der Waals surface area (Å²) in [5, 5.41) is 3.34. The van der Waals surface area contributed by atoms with E-state index in [-0.39, 0.29) is 17.9 Å². The molecule has 1 saturated carbocycles. The molecule has 0 aromatic heterocycles. The smallest absolute Gasteiger partial charge is 0.337 e. The Labute approximate surface area is 165 Å². The Hall–Kier alpha value is -2.56. The van der Waals surface area contributed by atoms with Crippen molar-refractivity contribution in [1.29, 1.82) is 0 Å². The molecule has 4 rings (SSSR count). The summed E-state index contributed by atoms with van der Waals surface area (Å²) in [6.45, 7) is 1.90. The fourth-order valence-electron chi connectivity index (χ4n) is 4.69. The van der Waals surface area contributed by atoms with E-state index in [1.807, 2.05) is 31.2 Å². The van der Waals surface area contributed by atoms with E-state index in [0.717, 1.165) is 55.5 Å². The van der Waals surface area contributed by atoms with Crippen LogP contribution in [0.15, 0.2) is 46.8 Å². The van der Waals surface area contributed by atoms with Crippen molar-refractivity contribution in [3.63, 3.8) is 0 Å². The number of Topliss-reactive ketones (excluding diaryl/α,β-unsaturated/α-hetero) is 1. The van der Waals surface area contributed by atoms with Crippen LogP contribution in [-0.4, -0.2) is 25.0 Å². The highest BCUT2D eigenvalue weighted by Crippen LogP contribution is 2.45. The molecule has 28 heavy (non-hydrogen) atoms. The third-order valence-electron chi connectivity index (χ3n) is 6.02. The fourth-order valence-corrected chi connectivity index (χ4v) is 4.69. The molecule has 5 nitrogen and oxygen atoms in total. The van der Waals surface area contributed by atoms with Gasteiger partial charge >= 0.3 is 5.97 Å². The quantitative estimate of drug-likeness (QED) is 0.794. The number of hydrogen-bond acceptors (Lipinski definition) is 5. The molecule has 148 valence electrons. The van der Waals surface area contributed by atoms with Gasteiger partial charge in [0.15, 0.2) is 5.78 Å². The first-order valence-corrected chi connectivity index (χ1v) is 10.2. The van der Waals surface area contributed by atoms with Crippen molar-refractivity contribution in [1.82, 2.24) is 5.32 Å². The third kappa shape index (κ3) is 3.34. The highest BCUT2D eigenvalue weighted by molar-refractivity contribution is 6.04. The van der Waals surface area contributed by atoms with Gasteiger partial charge in [-0.3, -0.25) is 4.79 Å². The average Bonchev–Trinajstić information content (AvgIpc) is 3.20. The summed E-state index contributed by atoms with van der Waals surface area (Å²) in [6, 6.07) is 7.63. The van der Waals surface area contributed by atoms with Crippen LogP contribution in [0.25, 0.3) is 0 Å². The van der Waals surface area contributed by atoms with Crippen molar-refractivity contribution in [2.75, 3.05) is 7.11 Å². The molecule has 5 heteroatoms. The third-order valence-corrected chi connectivity index (χ3v) is 6.02. The van der Waals surface area contributed by atoms with Crippen LogP contribution >= 0.6 is 0 Å². The van der Waals surface area contributed by atoms with Crippen molar-refractivity contribution < 1.29 is 19.1 Å². The Kier molecular flexibility index (Phi) is 5.25. The van der Waals surface area contributed by atoms with Crippen LogP contribution in [0.5, 0.6) is 5.75 Å². The van der Waals surface area contributed by atoms with E-state index in [4.69, 9.17) is 9.47 Å². The Balaban J connectivity index is 1.80. The number of benzene rings is 1. The van der Waals surface area contributed by atoms with Crippen LogP contribution in [0.4, 0.5) is 0 Å². The highest BCUT2D eigenvalue weighted by Gasteiger charge is 2.40. The topological polar surface area (TPSA) is 64.6 Å². The summed E-state index contributed by atoms with van der Waals surface area (Å²) >= 11 is 0. The number of nitrogens with one attached hydrogen (secondary N) is 1. The molecular formula is C23H27NO4. The molecule has 3 aliphatic rings. The maximum atomic E-state index is 13.2. The lowest BCUT2D eigenvalue weighted by Gasteiger charge is -2.35. The minimum atomic E-state index is -0.450. The highest BCUT2D eigenvalue weighted by atomic mass is 16.5. The standard InChI is InChI=1S/C23H27NO4/c1-14-20(23(26)28-15-8-3-4-9-15)21(16-10-5-6-13-19(16)27-2)22-17(24-14)11-7-12-18(22)25/h5-6,10,13,15,21,24H,3-4,7-9,11-12H2,1-2H3/t21-/m0/s1. The van der Waals surface area contributed by atoms with Gasteiger partial charge in [0.2, 0.25) is 0 Å². The van der Waals surface area contributed by atoms with E-state index in [0.29, 0.717) is 23.3 Å². The number of methoxy groups -OCH3 is 1. The maximum Gasteiger partial charge on any atom is 0.337 e. The Morgan fingerprint density at radius 3 is 2.61 bits per heavy atom. The Morgan fingerprint density at radius 1 is 1.11 bits per heavy atom. The first-order valence-electron chi connectivity index (χ1n) is 10.2. The Morgan fingerprint density at radius 2 is 1.86 bits per heavy atom. The van der Waals surface area contributed by atoms with Gasteiger partial charge in [-0.15, -0.1) is 0 Å². The van der Waals surface area contributed by atoms with Crippen LogP contribution in [0.3, 0.4) is 0 Å². The first-order chi connectivity index (χ1) is 13.6. The van der Waals surface area contributed by atoms with Crippen molar-refractivity contribution in [3.05, 3.63) is 52.4 Å². The number of hydrogen-bond donors (Lipinski definition) is 1. The normalized spacial score (nSPS) is 22.8. The molecule has 2 aliphatic carbocycles. The number of carbonyl (C=O) groups is 2. The summed E-state index contributed by atoms with van der Waals surface area (Å²) in [5.41, 5.74) is 3.77. The van der Waals surface area contributed by atoms with Gasteiger partial charge < -0.3 is 14.8 Å². The minimum absolute atomic E-state index is 0.0245. The minimum Gasteiger partial charge on any atom is -0.496 e. The molecule has 1 heterocycles. The van der Waals surface area contributed by atoms with Gasteiger partial charge in [-0.25, -0.2) is 4.79 Å². The molecule has 1 aliphatic heterocycles. The van der Waals surface area contributed by atoms with Gasteiger partial charge in [0.05, 0.1) is 18.6 Å². The molecule has 0 bridgehead atoms. The maximum absolute atomic E-state index is 13.2. The molecule has 0 spiro atoms. The van der Waals surface area contributed by atoms with E-state index in [9.17, 15) is 9.59 Å². The van der Waals surface area contributed by atoms with Gasteiger partial charge in [0.25, 0.3) is 0 Å². The lowest BCUT2D eigenvalue weighted by atomic mass is 9.75. The van der Waals surface area contributed by atoms with E-state index >= 15 is 0 Å². The zero-order valence-corrected chi connectivity index (χ0v) is 16.5. The van der Waals surface area contributed by atoms with E-state index in [1.54, 1.807) is 7.11 Å². The van der Waals surface area contributed by atoms with Crippen LogP contribution in [0, 0.1) is 0 Å².